The van der Waals surface area contributed by atoms with Gasteiger partial charge in [-0.15, -0.1) is 11.3 Å². The Morgan fingerprint density at radius 2 is 1.94 bits per heavy atom. The summed E-state index contributed by atoms with van der Waals surface area (Å²) in [6, 6.07) is 13.1. The molecular formula is C24H23N3O4S. The summed E-state index contributed by atoms with van der Waals surface area (Å²) in [4.78, 5) is 34.0. The molecule has 0 fully saturated rings. The van der Waals surface area contributed by atoms with Crippen molar-refractivity contribution in [3.63, 3.8) is 0 Å². The van der Waals surface area contributed by atoms with Gasteiger partial charge in [-0.2, -0.15) is 0 Å². The molecular weight excluding hydrogens is 426 g/mol. The topological polar surface area (TPSA) is 84.5 Å². The zero-order chi connectivity index (χ0) is 22.8. The number of rotatable bonds is 6. The number of aromatic nitrogens is 2. The van der Waals surface area contributed by atoms with Crippen LogP contribution in [0.2, 0.25) is 0 Å². The molecule has 1 amide bonds. The largest absolute Gasteiger partial charge is 0.495 e. The molecule has 2 aromatic carbocycles. The smallest absolute Gasteiger partial charge is 0.355 e. The van der Waals surface area contributed by atoms with Gasteiger partial charge < -0.3 is 14.5 Å². The predicted octanol–water partition coefficient (Wildman–Crippen LogP) is 5.29. The van der Waals surface area contributed by atoms with Gasteiger partial charge in [0, 0.05) is 23.2 Å². The maximum absolute atomic E-state index is 12.6. The molecule has 2 aromatic heterocycles. The lowest BCUT2D eigenvalue weighted by Crippen LogP contribution is -2.23. The Balaban J connectivity index is 1.51. The number of amides is 1. The molecule has 8 heteroatoms. The standard InChI is InChI=1S/C24H23N3O4S/c1-14-9-15(2)18-11-20(26-19(18)10-14)23(29)31-12-17-13-32-24(25-17)27(16(3)28)21-7-5-6-8-22(21)30-4/h5-11,13,26H,12H2,1-4H3. The fraction of sp³-hybridized carbons (Fsp3) is 0.208. The number of carbonyl (C=O) groups excluding carboxylic acids is 2. The summed E-state index contributed by atoms with van der Waals surface area (Å²) < 4.78 is 10.8. The molecule has 0 bridgehead atoms. The maximum atomic E-state index is 12.6. The number of H-pyrrole nitrogens is 1. The molecule has 32 heavy (non-hydrogen) atoms. The van der Waals surface area contributed by atoms with E-state index in [1.54, 1.807) is 30.7 Å². The van der Waals surface area contributed by atoms with Crippen molar-refractivity contribution in [3.05, 3.63) is 70.4 Å². The fourth-order valence-electron chi connectivity index (χ4n) is 3.61. The van der Waals surface area contributed by atoms with E-state index in [1.165, 1.54) is 23.2 Å². The molecule has 0 aliphatic heterocycles. The van der Waals surface area contributed by atoms with Crippen molar-refractivity contribution in [2.45, 2.75) is 27.4 Å². The Morgan fingerprint density at radius 3 is 2.69 bits per heavy atom. The van der Waals surface area contributed by atoms with Gasteiger partial charge >= 0.3 is 5.97 Å². The minimum atomic E-state index is -0.457. The van der Waals surface area contributed by atoms with E-state index in [0.717, 1.165) is 22.0 Å². The van der Waals surface area contributed by atoms with Crippen LogP contribution in [0.1, 0.15) is 34.2 Å². The number of hydrogen-bond donors (Lipinski definition) is 1. The fourth-order valence-corrected chi connectivity index (χ4v) is 4.48. The molecule has 0 saturated carbocycles. The number of ether oxygens (including phenoxy) is 2. The first-order valence-corrected chi connectivity index (χ1v) is 10.9. The number of fused-ring (bicyclic) bond motifs is 1. The van der Waals surface area contributed by atoms with Crippen molar-refractivity contribution in [3.8, 4) is 5.75 Å². The third-order valence-corrected chi connectivity index (χ3v) is 5.91. The summed E-state index contributed by atoms with van der Waals surface area (Å²) >= 11 is 1.29. The van der Waals surface area contributed by atoms with E-state index in [2.05, 4.69) is 16.0 Å². The zero-order valence-electron chi connectivity index (χ0n) is 18.3. The predicted molar refractivity (Wildman–Crippen MR) is 125 cm³/mol. The number of hydrogen-bond acceptors (Lipinski definition) is 6. The SMILES string of the molecule is COc1ccccc1N(C(C)=O)c1nc(COC(=O)c2cc3c(C)cc(C)cc3[nH]2)cs1. The minimum absolute atomic E-state index is 0.000375. The summed E-state index contributed by atoms with van der Waals surface area (Å²) in [6.45, 7) is 5.49. The van der Waals surface area contributed by atoms with Crippen molar-refractivity contribution in [2.24, 2.45) is 0 Å². The normalized spacial score (nSPS) is 10.9. The molecule has 4 aromatic rings. The number of nitrogens with zero attached hydrogens (tertiary/aromatic N) is 2. The Bertz CT molecular complexity index is 1310. The van der Waals surface area contributed by atoms with Crippen LogP contribution in [0.5, 0.6) is 5.75 Å². The van der Waals surface area contributed by atoms with Crippen LogP contribution in [0.25, 0.3) is 10.9 Å². The lowest BCUT2D eigenvalue weighted by Gasteiger charge is -2.20. The van der Waals surface area contributed by atoms with E-state index >= 15 is 0 Å². The highest BCUT2D eigenvalue weighted by atomic mass is 32.1. The van der Waals surface area contributed by atoms with Crippen molar-refractivity contribution in [1.29, 1.82) is 0 Å². The summed E-state index contributed by atoms with van der Waals surface area (Å²) in [5.74, 6) is -0.0905. The lowest BCUT2D eigenvalue weighted by molar-refractivity contribution is -0.115. The summed E-state index contributed by atoms with van der Waals surface area (Å²) in [5, 5.41) is 3.24. The second-order valence-corrected chi connectivity index (χ2v) is 8.29. The number of aromatic amines is 1. The number of carbonyl (C=O) groups is 2. The van der Waals surface area contributed by atoms with Crippen LogP contribution in [0.4, 0.5) is 10.8 Å². The van der Waals surface area contributed by atoms with E-state index in [-0.39, 0.29) is 12.5 Å². The molecule has 7 nitrogen and oxygen atoms in total. The average Bonchev–Trinajstić information content (AvgIpc) is 3.40. The first-order valence-electron chi connectivity index (χ1n) is 10.0. The molecule has 0 unspecified atom stereocenters. The second-order valence-electron chi connectivity index (χ2n) is 7.45. The first kappa shape index (κ1) is 21.6. The number of aryl methyl sites for hydroxylation is 2. The van der Waals surface area contributed by atoms with Gasteiger partial charge in [0.05, 0.1) is 18.5 Å². The van der Waals surface area contributed by atoms with E-state index in [4.69, 9.17) is 9.47 Å². The van der Waals surface area contributed by atoms with E-state index < -0.39 is 5.97 Å². The number of para-hydroxylation sites is 2. The van der Waals surface area contributed by atoms with Crippen LogP contribution < -0.4 is 9.64 Å². The number of nitrogens with one attached hydrogen (secondary N) is 1. The number of methoxy groups -OCH3 is 1. The van der Waals surface area contributed by atoms with Crippen molar-refractivity contribution in [2.75, 3.05) is 12.0 Å². The Kier molecular flexibility index (Phi) is 5.96. The Hall–Kier alpha value is -3.65. The van der Waals surface area contributed by atoms with Crippen molar-refractivity contribution in [1.82, 2.24) is 9.97 Å². The third-order valence-electron chi connectivity index (χ3n) is 5.03. The van der Waals surface area contributed by atoms with Crippen LogP contribution in [0, 0.1) is 13.8 Å². The molecule has 1 N–H and O–H groups in total. The molecule has 0 saturated heterocycles. The van der Waals surface area contributed by atoms with Gasteiger partial charge in [0.25, 0.3) is 0 Å². The number of benzene rings is 2. The molecule has 0 spiro atoms. The molecule has 0 atom stereocenters. The summed E-state index contributed by atoms with van der Waals surface area (Å²) in [5.41, 5.74) is 4.67. The molecule has 0 aliphatic carbocycles. The van der Waals surface area contributed by atoms with Gasteiger partial charge in [-0.05, 0) is 49.2 Å². The quantitative estimate of drug-likeness (QED) is 0.404. The summed E-state index contributed by atoms with van der Waals surface area (Å²) in [7, 11) is 1.55. The number of thiazole rings is 1. The first-order chi connectivity index (χ1) is 15.4. The van der Waals surface area contributed by atoms with E-state index in [0.29, 0.717) is 28.0 Å². The van der Waals surface area contributed by atoms with Gasteiger partial charge in [0.2, 0.25) is 5.91 Å². The highest BCUT2D eigenvalue weighted by molar-refractivity contribution is 7.14. The van der Waals surface area contributed by atoms with E-state index in [9.17, 15) is 9.59 Å². The van der Waals surface area contributed by atoms with Gasteiger partial charge in [0.1, 0.15) is 18.1 Å². The number of esters is 1. The van der Waals surface area contributed by atoms with Crippen LogP contribution in [-0.4, -0.2) is 29.0 Å². The highest BCUT2D eigenvalue weighted by Gasteiger charge is 2.22. The van der Waals surface area contributed by atoms with Gasteiger partial charge in [-0.1, -0.05) is 18.2 Å². The average molecular weight is 450 g/mol. The molecule has 0 aliphatic rings. The molecule has 164 valence electrons. The van der Waals surface area contributed by atoms with Gasteiger partial charge in [0.15, 0.2) is 5.13 Å². The number of anilines is 2. The van der Waals surface area contributed by atoms with Crippen LogP contribution in [0.3, 0.4) is 0 Å². The summed E-state index contributed by atoms with van der Waals surface area (Å²) in [6.07, 6.45) is 0. The van der Waals surface area contributed by atoms with Crippen molar-refractivity contribution < 1.29 is 19.1 Å². The van der Waals surface area contributed by atoms with Gasteiger partial charge in [-0.3, -0.25) is 9.69 Å². The molecule has 0 radical (unpaired) electrons. The van der Waals surface area contributed by atoms with Gasteiger partial charge in [-0.25, -0.2) is 9.78 Å². The van der Waals surface area contributed by atoms with Crippen LogP contribution in [-0.2, 0) is 16.1 Å². The highest BCUT2D eigenvalue weighted by Crippen LogP contribution is 2.35. The van der Waals surface area contributed by atoms with Crippen LogP contribution >= 0.6 is 11.3 Å². The third kappa shape index (κ3) is 4.22. The minimum Gasteiger partial charge on any atom is -0.495 e. The maximum Gasteiger partial charge on any atom is 0.355 e. The second kappa shape index (κ2) is 8.84. The molecule has 4 rings (SSSR count). The monoisotopic (exact) mass is 449 g/mol. The Morgan fingerprint density at radius 1 is 1.16 bits per heavy atom. The lowest BCUT2D eigenvalue weighted by atomic mass is 10.1. The van der Waals surface area contributed by atoms with Crippen molar-refractivity contribution >= 4 is 44.9 Å². The Labute approximate surface area is 189 Å². The van der Waals surface area contributed by atoms with E-state index in [1.807, 2.05) is 32.0 Å². The van der Waals surface area contributed by atoms with Crippen LogP contribution in [0.15, 0.2) is 47.8 Å². The molecule has 2 heterocycles. The zero-order valence-corrected chi connectivity index (χ0v) is 19.1.